The lowest BCUT2D eigenvalue weighted by Crippen LogP contribution is -2.61. The molecule has 0 radical (unpaired) electrons. The minimum Gasteiger partial charge on any atom is -0.321 e. The van der Waals surface area contributed by atoms with E-state index < -0.39 is 6.29 Å². The van der Waals surface area contributed by atoms with Crippen LogP contribution in [0.15, 0.2) is 59.5 Å². The third-order valence-corrected chi connectivity index (χ3v) is 6.89. The Hall–Kier alpha value is -3.34. The summed E-state index contributed by atoms with van der Waals surface area (Å²) < 4.78 is 1.62. The van der Waals surface area contributed by atoms with Gasteiger partial charge in [-0.05, 0) is 44.4 Å². The SMILES string of the molecule is CSc1ccccc1C(=O)Nc1cc(C)nn1C1NC(=O)C2CNN(c3ccc(C)cc3)C2N1. The van der Waals surface area contributed by atoms with Gasteiger partial charge in [0.15, 0.2) is 6.29 Å². The summed E-state index contributed by atoms with van der Waals surface area (Å²) >= 11 is 1.52. The van der Waals surface area contributed by atoms with Crippen LogP contribution in [0.5, 0.6) is 0 Å². The van der Waals surface area contributed by atoms with Crippen LogP contribution in [0.3, 0.4) is 0 Å². The Morgan fingerprint density at radius 3 is 2.68 bits per heavy atom. The molecule has 0 aliphatic carbocycles. The average Bonchev–Trinajstić information content (AvgIpc) is 3.43. The number of nitrogens with zero attached hydrogens (tertiary/aromatic N) is 3. The molecule has 3 atom stereocenters. The van der Waals surface area contributed by atoms with E-state index in [9.17, 15) is 9.59 Å². The molecule has 3 unspecified atom stereocenters. The predicted octanol–water partition coefficient (Wildman–Crippen LogP) is 2.62. The number of anilines is 2. The van der Waals surface area contributed by atoms with Crippen molar-refractivity contribution in [3.8, 4) is 0 Å². The second-order valence-electron chi connectivity index (χ2n) is 8.47. The van der Waals surface area contributed by atoms with Crippen molar-refractivity contribution in [2.24, 2.45) is 5.92 Å². The van der Waals surface area contributed by atoms with Gasteiger partial charge in [-0.15, -0.1) is 11.8 Å². The molecule has 3 aromatic rings. The minimum absolute atomic E-state index is 0.0750. The van der Waals surface area contributed by atoms with Crippen LogP contribution in [0, 0.1) is 19.8 Å². The van der Waals surface area contributed by atoms with Gasteiger partial charge in [-0.3, -0.25) is 19.9 Å². The fourth-order valence-electron chi connectivity index (χ4n) is 4.37. The molecule has 0 saturated carbocycles. The normalized spacial score (nSPS) is 21.8. The number of thioether (sulfide) groups is 1. The fraction of sp³-hybridized carbons (Fsp3) is 0.292. The standard InChI is InChI=1S/C24H27N7O2S/c1-14-8-10-16(11-9-14)30-21-18(13-25-30)23(33)28-24(27-21)31-20(12-15(2)29-31)26-22(32)17-6-4-5-7-19(17)34-3/h4-12,18,21,24-25,27H,13H2,1-3H3,(H,26,32)(H,28,33). The first-order valence-electron chi connectivity index (χ1n) is 11.1. The third-order valence-electron chi connectivity index (χ3n) is 6.09. The van der Waals surface area contributed by atoms with E-state index in [0.717, 1.165) is 16.3 Å². The summed E-state index contributed by atoms with van der Waals surface area (Å²) in [6.07, 6.45) is 1.04. The van der Waals surface area contributed by atoms with Crippen LogP contribution in [0.25, 0.3) is 0 Å². The van der Waals surface area contributed by atoms with Crippen molar-refractivity contribution in [1.82, 2.24) is 25.8 Å². The molecule has 34 heavy (non-hydrogen) atoms. The Kier molecular flexibility index (Phi) is 6.03. The van der Waals surface area contributed by atoms with E-state index in [1.807, 2.05) is 67.6 Å². The highest BCUT2D eigenvalue weighted by Gasteiger charge is 2.45. The summed E-state index contributed by atoms with van der Waals surface area (Å²) in [4.78, 5) is 26.9. The Morgan fingerprint density at radius 1 is 1.15 bits per heavy atom. The molecule has 2 saturated heterocycles. The summed E-state index contributed by atoms with van der Waals surface area (Å²) in [6, 6.07) is 17.4. The molecule has 10 heteroatoms. The van der Waals surface area contributed by atoms with Crippen molar-refractivity contribution in [2.45, 2.75) is 31.2 Å². The van der Waals surface area contributed by atoms with Gasteiger partial charge in [0.2, 0.25) is 5.91 Å². The van der Waals surface area contributed by atoms with Gasteiger partial charge in [0, 0.05) is 17.5 Å². The number of hydrazine groups is 1. The van der Waals surface area contributed by atoms with E-state index in [4.69, 9.17) is 0 Å². The number of benzene rings is 2. The monoisotopic (exact) mass is 477 g/mol. The van der Waals surface area contributed by atoms with Crippen LogP contribution >= 0.6 is 11.8 Å². The lowest BCUT2D eigenvalue weighted by Gasteiger charge is -2.37. The molecule has 3 heterocycles. The first-order chi connectivity index (χ1) is 16.4. The van der Waals surface area contributed by atoms with Crippen LogP contribution in [-0.4, -0.2) is 40.6 Å². The largest absolute Gasteiger partial charge is 0.321 e. The van der Waals surface area contributed by atoms with Gasteiger partial charge in [0.1, 0.15) is 12.0 Å². The van der Waals surface area contributed by atoms with Crippen LogP contribution in [-0.2, 0) is 4.79 Å². The highest BCUT2D eigenvalue weighted by atomic mass is 32.2. The number of amides is 2. The highest BCUT2D eigenvalue weighted by molar-refractivity contribution is 7.98. The number of carbonyl (C=O) groups is 2. The van der Waals surface area contributed by atoms with Crippen LogP contribution in [0.4, 0.5) is 11.5 Å². The average molecular weight is 478 g/mol. The van der Waals surface area contributed by atoms with E-state index in [0.29, 0.717) is 17.9 Å². The smallest absolute Gasteiger partial charge is 0.257 e. The van der Waals surface area contributed by atoms with Crippen molar-refractivity contribution < 1.29 is 9.59 Å². The number of hydrogen-bond donors (Lipinski definition) is 4. The molecule has 2 aromatic carbocycles. The number of aromatic nitrogens is 2. The number of rotatable bonds is 5. The van der Waals surface area contributed by atoms with E-state index >= 15 is 0 Å². The lowest BCUT2D eigenvalue weighted by atomic mass is 10.0. The topological polar surface area (TPSA) is 103 Å². The van der Waals surface area contributed by atoms with Gasteiger partial charge in [0.05, 0.1) is 22.9 Å². The van der Waals surface area contributed by atoms with E-state index in [-0.39, 0.29) is 23.9 Å². The van der Waals surface area contributed by atoms with Gasteiger partial charge in [-0.2, -0.15) is 5.10 Å². The van der Waals surface area contributed by atoms with Crippen molar-refractivity contribution in [1.29, 1.82) is 0 Å². The molecule has 2 aliphatic heterocycles. The predicted molar refractivity (Wildman–Crippen MR) is 132 cm³/mol. The van der Waals surface area contributed by atoms with Gasteiger partial charge >= 0.3 is 0 Å². The Labute approximate surface area is 202 Å². The molecule has 1 aromatic heterocycles. The zero-order chi connectivity index (χ0) is 23.8. The Bertz CT molecular complexity index is 1230. The summed E-state index contributed by atoms with van der Waals surface area (Å²) in [5.74, 6) is -0.0628. The van der Waals surface area contributed by atoms with E-state index in [1.54, 1.807) is 16.8 Å². The molecule has 2 aliphatic rings. The van der Waals surface area contributed by atoms with Crippen LogP contribution < -0.4 is 26.4 Å². The molecule has 0 spiro atoms. The Morgan fingerprint density at radius 2 is 1.91 bits per heavy atom. The first kappa shape index (κ1) is 22.5. The quantitative estimate of drug-likeness (QED) is 0.419. The number of hydrogen-bond acceptors (Lipinski definition) is 7. The van der Waals surface area contributed by atoms with Crippen molar-refractivity contribution in [3.05, 3.63) is 71.4 Å². The van der Waals surface area contributed by atoms with E-state index in [1.165, 1.54) is 17.3 Å². The number of aryl methyl sites for hydroxylation is 2. The fourth-order valence-corrected chi connectivity index (χ4v) is 4.97. The van der Waals surface area contributed by atoms with Crippen molar-refractivity contribution in [3.63, 3.8) is 0 Å². The molecule has 2 amide bonds. The molecular formula is C24H27N7O2S. The van der Waals surface area contributed by atoms with E-state index in [2.05, 4.69) is 26.5 Å². The first-order valence-corrected chi connectivity index (χ1v) is 12.3. The highest BCUT2D eigenvalue weighted by Crippen LogP contribution is 2.28. The maximum absolute atomic E-state index is 13.1. The summed E-state index contributed by atoms with van der Waals surface area (Å²) in [5, 5.41) is 16.0. The molecule has 0 bridgehead atoms. The van der Waals surface area contributed by atoms with Gasteiger partial charge < -0.3 is 10.6 Å². The maximum atomic E-state index is 13.1. The zero-order valence-electron chi connectivity index (χ0n) is 19.2. The summed E-state index contributed by atoms with van der Waals surface area (Å²) in [7, 11) is 0. The Balaban J connectivity index is 1.40. The van der Waals surface area contributed by atoms with Gasteiger partial charge in [-0.25, -0.2) is 10.1 Å². The molecular weight excluding hydrogens is 450 g/mol. The molecule has 2 fully saturated rings. The zero-order valence-corrected chi connectivity index (χ0v) is 20.0. The maximum Gasteiger partial charge on any atom is 0.257 e. The minimum atomic E-state index is -0.624. The second-order valence-corrected chi connectivity index (χ2v) is 9.31. The molecule has 9 nitrogen and oxygen atoms in total. The number of nitrogens with one attached hydrogen (secondary N) is 4. The third kappa shape index (κ3) is 4.15. The number of carbonyl (C=O) groups excluding carboxylic acids is 2. The molecule has 4 N–H and O–H groups in total. The summed E-state index contributed by atoms with van der Waals surface area (Å²) in [6.45, 7) is 4.42. The molecule has 176 valence electrons. The number of fused-ring (bicyclic) bond motifs is 1. The van der Waals surface area contributed by atoms with Crippen molar-refractivity contribution >= 4 is 35.1 Å². The second kappa shape index (κ2) is 9.13. The lowest BCUT2D eigenvalue weighted by molar-refractivity contribution is -0.129. The van der Waals surface area contributed by atoms with Crippen LogP contribution in [0.1, 0.15) is 27.9 Å². The molecule has 5 rings (SSSR count). The summed E-state index contributed by atoms with van der Waals surface area (Å²) in [5.41, 5.74) is 6.79. The van der Waals surface area contributed by atoms with Crippen molar-refractivity contribution in [2.75, 3.05) is 23.1 Å². The van der Waals surface area contributed by atoms with Gasteiger partial charge in [0.25, 0.3) is 5.91 Å². The van der Waals surface area contributed by atoms with Gasteiger partial charge in [-0.1, -0.05) is 29.8 Å². The van der Waals surface area contributed by atoms with Crippen LogP contribution in [0.2, 0.25) is 0 Å².